The van der Waals surface area contributed by atoms with Gasteiger partial charge >= 0.3 is 11.9 Å². The minimum atomic E-state index is -2.05. The Labute approximate surface area is 152 Å². The molecule has 6 nitrogen and oxygen atoms in total. The minimum Gasteiger partial charge on any atom is -0.480 e. The van der Waals surface area contributed by atoms with Crippen molar-refractivity contribution in [1.82, 2.24) is 4.57 Å². The molecule has 0 atom stereocenters. The second-order valence-electron chi connectivity index (χ2n) is 6.25. The molecule has 7 heteroatoms. The van der Waals surface area contributed by atoms with Crippen LogP contribution in [0.15, 0.2) is 28.7 Å². The average Bonchev–Trinajstić information content (AvgIpc) is 3.06. The van der Waals surface area contributed by atoms with Gasteiger partial charge in [-0.2, -0.15) is 0 Å². The van der Waals surface area contributed by atoms with Crippen LogP contribution in [0, 0.1) is 13.8 Å². The number of aryl methyl sites for hydroxylation is 1. The van der Waals surface area contributed by atoms with Crippen molar-refractivity contribution < 1.29 is 24.6 Å². The van der Waals surface area contributed by atoms with Crippen LogP contribution in [0.5, 0.6) is 0 Å². The summed E-state index contributed by atoms with van der Waals surface area (Å²) in [5, 5.41) is 19.2. The summed E-state index contributed by atoms with van der Waals surface area (Å²) >= 11 is 3.32. The number of hydrogen-bond donors (Lipinski definition) is 2. The summed E-state index contributed by atoms with van der Waals surface area (Å²) in [6.45, 7) is 3.76. The lowest BCUT2D eigenvalue weighted by atomic mass is 9.83. The fourth-order valence-electron chi connectivity index (χ4n) is 3.40. The summed E-state index contributed by atoms with van der Waals surface area (Å²) < 4.78 is 1.90. The maximum Gasteiger partial charge on any atom is 0.327 e. The van der Waals surface area contributed by atoms with Crippen molar-refractivity contribution in [2.24, 2.45) is 0 Å². The van der Waals surface area contributed by atoms with Crippen LogP contribution >= 0.6 is 15.9 Å². The van der Waals surface area contributed by atoms with E-state index in [-0.39, 0.29) is 24.4 Å². The number of carbonyl (C=O) groups excluding carboxylic acids is 1. The summed E-state index contributed by atoms with van der Waals surface area (Å²) in [4.78, 5) is 36.5. The number of aliphatic carboxylic acids is 2. The van der Waals surface area contributed by atoms with Crippen molar-refractivity contribution in [3.05, 3.63) is 56.8 Å². The Hall–Kier alpha value is -2.41. The third kappa shape index (κ3) is 2.33. The third-order valence-electron chi connectivity index (χ3n) is 4.81. The lowest BCUT2D eigenvalue weighted by Gasteiger charge is -2.18. The largest absolute Gasteiger partial charge is 0.480 e. The summed E-state index contributed by atoms with van der Waals surface area (Å²) in [7, 11) is 0. The first-order chi connectivity index (χ1) is 11.7. The zero-order valence-corrected chi connectivity index (χ0v) is 15.3. The highest BCUT2D eigenvalue weighted by Gasteiger charge is 2.56. The fraction of sp³-hybridized carbons (Fsp3) is 0.278. The standard InChI is InChI=1S/C18H16BrNO5/c1-9-3-5-11(6-4-9)14(21)13-10(2)12(19)15-18(16(22)23,17(24)25)7-8-20(13)15/h3-6H,7-8H2,1-2H3,(H,22,23)(H,24,25). The normalized spacial score (nSPS) is 15.0. The van der Waals surface area contributed by atoms with E-state index in [9.17, 15) is 24.6 Å². The second kappa shape index (κ2) is 5.84. The van der Waals surface area contributed by atoms with Gasteiger partial charge in [-0.05, 0) is 41.8 Å². The Bertz CT molecular complexity index is 897. The van der Waals surface area contributed by atoms with Crippen LogP contribution in [-0.2, 0) is 21.5 Å². The van der Waals surface area contributed by atoms with Gasteiger partial charge in [0.05, 0.1) is 11.4 Å². The van der Waals surface area contributed by atoms with Gasteiger partial charge in [0, 0.05) is 16.6 Å². The van der Waals surface area contributed by atoms with E-state index in [0.29, 0.717) is 21.3 Å². The maximum atomic E-state index is 13.0. The molecule has 1 aromatic carbocycles. The SMILES string of the molecule is Cc1ccc(C(=O)c2c(C)c(Br)c3n2CCC3(C(=O)O)C(=O)O)cc1. The van der Waals surface area contributed by atoms with E-state index in [4.69, 9.17) is 0 Å². The molecule has 2 N–H and O–H groups in total. The molecular weight excluding hydrogens is 390 g/mol. The maximum absolute atomic E-state index is 13.0. The molecule has 0 radical (unpaired) electrons. The van der Waals surface area contributed by atoms with Gasteiger partial charge in [0.1, 0.15) is 0 Å². The van der Waals surface area contributed by atoms with E-state index in [1.54, 1.807) is 19.1 Å². The van der Waals surface area contributed by atoms with Gasteiger partial charge in [0.2, 0.25) is 11.2 Å². The Kier molecular flexibility index (Phi) is 4.07. The van der Waals surface area contributed by atoms with Crippen molar-refractivity contribution in [3.8, 4) is 0 Å². The molecule has 0 unspecified atom stereocenters. The molecular formula is C18H16BrNO5. The number of rotatable bonds is 4. The summed E-state index contributed by atoms with van der Waals surface area (Å²) in [6.07, 6.45) is -0.0972. The monoisotopic (exact) mass is 405 g/mol. The van der Waals surface area contributed by atoms with Gasteiger partial charge < -0.3 is 14.8 Å². The third-order valence-corrected chi connectivity index (χ3v) is 5.78. The summed E-state index contributed by atoms with van der Waals surface area (Å²) in [5.74, 6) is -3.10. The average molecular weight is 406 g/mol. The number of carboxylic acids is 2. The van der Waals surface area contributed by atoms with Crippen LogP contribution in [0.2, 0.25) is 0 Å². The molecule has 0 spiro atoms. The predicted molar refractivity (Wildman–Crippen MR) is 93.0 cm³/mol. The molecule has 0 aliphatic carbocycles. The molecule has 0 saturated carbocycles. The number of ketones is 1. The molecule has 1 aromatic heterocycles. The predicted octanol–water partition coefficient (Wildman–Crippen LogP) is 2.91. The molecule has 1 aliphatic rings. The van der Waals surface area contributed by atoms with Crippen LogP contribution < -0.4 is 0 Å². The minimum absolute atomic E-state index is 0.0972. The van der Waals surface area contributed by atoms with Crippen LogP contribution in [0.1, 0.15) is 39.3 Å². The van der Waals surface area contributed by atoms with Crippen LogP contribution in [-0.4, -0.2) is 32.5 Å². The number of carboxylic acid groups (broad SMARTS) is 2. The number of fused-ring (bicyclic) bond motifs is 1. The zero-order chi connectivity index (χ0) is 18.5. The van der Waals surface area contributed by atoms with Crippen LogP contribution in [0.25, 0.3) is 0 Å². The van der Waals surface area contributed by atoms with Crippen molar-refractivity contribution in [1.29, 1.82) is 0 Å². The first-order valence-electron chi connectivity index (χ1n) is 7.69. The van der Waals surface area contributed by atoms with Crippen molar-refractivity contribution >= 4 is 33.7 Å². The van der Waals surface area contributed by atoms with Gasteiger partial charge in [-0.15, -0.1) is 0 Å². The van der Waals surface area contributed by atoms with Gasteiger partial charge in [0.15, 0.2) is 0 Å². The highest BCUT2D eigenvalue weighted by atomic mass is 79.9. The number of carbonyl (C=O) groups is 3. The van der Waals surface area contributed by atoms with Gasteiger partial charge in [-0.25, -0.2) is 0 Å². The summed E-state index contributed by atoms with van der Waals surface area (Å²) in [5.41, 5.74) is 0.452. The lowest BCUT2D eigenvalue weighted by Crippen LogP contribution is -2.42. The smallest absolute Gasteiger partial charge is 0.327 e. The Morgan fingerprint density at radius 2 is 1.64 bits per heavy atom. The molecule has 0 amide bonds. The molecule has 130 valence electrons. The van der Waals surface area contributed by atoms with Crippen LogP contribution in [0.3, 0.4) is 0 Å². The van der Waals surface area contributed by atoms with E-state index in [2.05, 4.69) is 15.9 Å². The number of nitrogens with zero attached hydrogens (tertiary/aromatic N) is 1. The van der Waals surface area contributed by atoms with E-state index >= 15 is 0 Å². The topological polar surface area (TPSA) is 96.6 Å². The Morgan fingerprint density at radius 1 is 1.08 bits per heavy atom. The quantitative estimate of drug-likeness (QED) is 0.601. The van der Waals surface area contributed by atoms with Crippen molar-refractivity contribution in [3.63, 3.8) is 0 Å². The fourth-order valence-corrected chi connectivity index (χ4v) is 4.14. The molecule has 2 aromatic rings. The molecule has 0 fully saturated rings. The Morgan fingerprint density at radius 3 is 2.16 bits per heavy atom. The van der Waals surface area contributed by atoms with Crippen molar-refractivity contribution in [2.45, 2.75) is 32.2 Å². The van der Waals surface area contributed by atoms with Crippen LogP contribution in [0.4, 0.5) is 0 Å². The number of halogens is 1. The molecule has 2 heterocycles. The summed E-state index contributed by atoms with van der Waals surface area (Å²) in [6, 6.07) is 7.07. The van der Waals surface area contributed by atoms with Gasteiger partial charge in [0.25, 0.3) is 0 Å². The highest BCUT2D eigenvalue weighted by Crippen LogP contribution is 2.44. The van der Waals surface area contributed by atoms with E-state index < -0.39 is 17.4 Å². The molecule has 0 saturated heterocycles. The van der Waals surface area contributed by atoms with Gasteiger partial charge in [-0.1, -0.05) is 29.8 Å². The van der Waals surface area contributed by atoms with Crippen molar-refractivity contribution in [2.75, 3.05) is 0 Å². The van der Waals surface area contributed by atoms with E-state index in [0.717, 1.165) is 5.56 Å². The zero-order valence-electron chi connectivity index (χ0n) is 13.7. The first-order valence-corrected chi connectivity index (χ1v) is 8.48. The number of aromatic nitrogens is 1. The van der Waals surface area contributed by atoms with Gasteiger partial charge in [-0.3, -0.25) is 14.4 Å². The number of benzene rings is 1. The number of hydrogen-bond acceptors (Lipinski definition) is 3. The lowest BCUT2D eigenvalue weighted by molar-refractivity contribution is -0.157. The van der Waals surface area contributed by atoms with E-state index in [1.165, 1.54) is 4.57 Å². The molecule has 0 bridgehead atoms. The first kappa shape index (κ1) is 17.4. The highest BCUT2D eigenvalue weighted by molar-refractivity contribution is 9.10. The van der Waals surface area contributed by atoms with E-state index in [1.807, 2.05) is 19.1 Å². The molecule has 25 heavy (non-hydrogen) atoms. The Balaban J connectivity index is 2.22. The molecule has 3 rings (SSSR count). The second-order valence-corrected chi connectivity index (χ2v) is 7.04. The molecule has 1 aliphatic heterocycles.